The summed E-state index contributed by atoms with van der Waals surface area (Å²) in [7, 11) is 0. The van der Waals surface area contributed by atoms with Gasteiger partial charge in [0.15, 0.2) is 0 Å². The molecular weight excluding hydrogens is 470 g/mol. The molecule has 2 atom stereocenters. The number of halogens is 1. The monoisotopic (exact) mass is 511 g/mol. The highest BCUT2D eigenvalue weighted by atomic mass is 35.5. The van der Waals surface area contributed by atoms with E-state index in [4.69, 9.17) is 21.1 Å². The van der Waals surface area contributed by atoms with Crippen LogP contribution in [-0.4, -0.2) is 35.2 Å². The van der Waals surface area contributed by atoms with Gasteiger partial charge in [0.05, 0.1) is 23.1 Å². The molecular formula is C31H42ClNO3. The van der Waals surface area contributed by atoms with Gasteiger partial charge in [0.1, 0.15) is 5.75 Å². The molecule has 5 heteroatoms. The lowest BCUT2D eigenvalue weighted by molar-refractivity contribution is -0.155. The van der Waals surface area contributed by atoms with Crippen LogP contribution in [0, 0.1) is 11.8 Å². The third-order valence-electron chi connectivity index (χ3n) is 8.70. The number of carbonyl (C=O) groups is 1. The van der Waals surface area contributed by atoms with E-state index in [0.29, 0.717) is 12.1 Å². The minimum Gasteiger partial charge on any atom is -0.489 e. The van der Waals surface area contributed by atoms with Crippen molar-refractivity contribution >= 4 is 28.3 Å². The van der Waals surface area contributed by atoms with Crippen molar-refractivity contribution in [1.82, 2.24) is 4.90 Å². The maximum absolute atomic E-state index is 12.5. The first-order valence-electron chi connectivity index (χ1n) is 14.2. The number of piperidine rings is 1. The minimum absolute atomic E-state index is 0.00887. The molecule has 3 aliphatic rings. The molecule has 36 heavy (non-hydrogen) atoms. The van der Waals surface area contributed by atoms with Crippen molar-refractivity contribution in [1.29, 1.82) is 0 Å². The maximum Gasteiger partial charge on any atom is 0.309 e. The maximum atomic E-state index is 12.5. The second-order valence-corrected chi connectivity index (χ2v) is 12.1. The molecule has 2 aliphatic heterocycles. The molecule has 3 fully saturated rings. The van der Waals surface area contributed by atoms with Gasteiger partial charge in [-0.05, 0) is 94.2 Å². The van der Waals surface area contributed by atoms with Crippen LogP contribution >= 0.6 is 11.6 Å². The largest absolute Gasteiger partial charge is 0.489 e. The number of ether oxygens (including phenoxy) is 2. The third-order valence-corrected chi connectivity index (χ3v) is 9.09. The smallest absolute Gasteiger partial charge is 0.309 e. The van der Waals surface area contributed by atoms with E-state index in [1.807, 2.05) is 19.9 Å². The fourth-order valence-corrected chi connectivity index (χ4v) is 7.16. The van der Waals surface area contributed by atoms with Crippen molar-refractivity contribution in [2.45, 2.75) is 116 Å². The zero-order valence-corrected chi connectivity index (χ0v) is 22.9. The topological polar surface area (TPSA) is 38.8 Å². The fraction of sp³-hybridized carbons (Fsp3) is 0.645. The van der Waals surface area contributed by atoms with E-state index < -0.39 is 0 Å². The van der Waals surface area contributed by atoms with E-state index in [1.165, 1.54) is 44.1 Å². The van der Waals surface area contributed by atoms with E-state index >= 15 is 0 Å². The molecule has 2 unspecified atom stereocenters. The van der Waals surface area contributed by atoms with Crippen LogP contribution in [0.1, 0.15) is 90.5 Å². The van der Waals surface area contributed by atoms with Gasteiger partial charge in [0.2, 0.25) is 0 Å². The summed E-state index contributed by atoms with van der Waals surface area (Å²) in [5.41, 5.74) is 1.28. The van der Waals surface area contributed by atoms with Gasteiger partial charge in [-0.15, -0.1) is 0 Å². The van der Waals surface area contributed by atoms with Crippen molar-refractivity contribution in [2.75, 3.05) is 0 Å². The summed E-state index contributed by atoms with van der Waals surface area (Å²) in [5.74, 6) is 1.73. The second-order valence-electron chi connectivity index (χ2n) is 11.7. The highest BCUT2D eigenvalue weighted by molar-refractivity contribution is 6.37. The number of nitrogens with zero attached hydrogens (tertiary/aromatic N) is 1. The minimum atomic E-state index is -0.0412. The van der Waals surface area contributed by atoms with Crippen LogP contribution in [0.5, 0.6) is 5.75 Å². The Morgan fingerprint density at radius 1 is 1.03 bits per heavy atom. The van der Waals surface area contributed by atoms with Crippen molar-refractivity contribution in [2.24, 2.45) is 11.8 Å². The molecule has 2 aromatic rings. The van der Waals surface area contributed by atoms with Crippen molar-refractivity contribution in [3.8, 4) is 5.75 Å². The number of esters is 1. The normalized spacial score (nSPS) is 28.5. The van der Waals surface area contributed by atoms with Crippen LogP contribution in [0.4, 0.5) is 0 Å². The van der Waals surface area contributed by atoms with Gasteiger partial charge in [0, 0.05) is 24.0 Å². The lowest BCUT2D eigenvalue weighted by Crippen LogP contribution is -2.44. The number of hydrogen-bond donors (Lipinski definition) is 0. The Morgan fingerprint density at radius 2 is 1.72 bits per heavy atom. The zero-order chi connectivity index (χ0) is 25.2. The summed E-state index contributed by atoms with van der Waals surface area (Å²) in [4.78, 5) is 15.1. The van der Waals surface area contributed by atoms with Crippen molar-refractivity contribution < 1.29 is 14.3 Å². The molecule has 2 saturated heterocycles. The zero-order valence-electron chi connectivity index (χ0n) is 22.2. The summed E-state index contributed by atoms with van der Waals surface area (Å²) in [5, 5.41) is 2.97. The fourth-order valence-electron chi connectivity index (χ4n) is 6.89. The Balaban J connectivity index is 1.26. The van der Waals surface area contributed by atoms with Crippen molar-refractivity contribution in [3.63, 3.8) is 0 Å². The molecule has 4 nitrogen and oxygen atoms in total. The molecule has 0 N–H and O–H groups in total. The van der Waals surface area contributed by atoms with Crippen LogP contribution in [0.3, 0.4) is 0 Å². The number of hydrogen-bond acceptors (Lipinski definition) is 4. The predicted octanol–water partition coefficient (Wildman–Crippen LogP) is 7.93. The predicted molar refractivity (Wildman–Crippen MR) is 147 cm³/mol. The molecule has 5 rings (SSSR count). The van der Waals surface area contributed by atoms with Gasteiger partial charge in [-0.2, -0.15) is 0 Å². The first-order chi connectivity index (χ1) is 17.4. The Morgan fingerprint density at radius 3 is 2.39 bits per heavy atom. The summed E-state index contributed by atoms with van der Waals surface area (Å²) in [6.45, 7) is 7.05. The van der Waals surface area contributed by atoms with E-state index in [1.54, 1.807) is 0 Å². The molecule has 0 aromatic heterocycles. The highest BCUT2D eigenvalue weighted by Crippen LogP contribution is 2.41. The Bertz CT molecular complexity index is 1050. The number of fused-ring (bicyclic) bond motifs is 3. The summed E-state index contributed by atoms with van der Waals surface area (Å²) in [6.07, 6.45) is 11.8. The standard InChI is InChI=1S/C31H42ClNO3/c1-4-5-21-7-13-27(14-8-21)36-29-15-10-23-9-6-22(16-28(23)30(29)32)19-33-25-11-12-26(33)18-24(17-25)31(34)35-20(2)3/h6,9-10,15-16,20-21,24-27H,4-5,7-8,11-14,17-19H2,1-3H3. The number of carbonyl (C=O) groups excluding carboxylic acids is 1. The molecule has 196 valence electrons. The third kappa shape index (κ3) is 5.70. The number of benzene rings is 2. The summed E-state index contributed by atoms with van der Waals surface area (Å²) in [6, 6.07) is 11.8. The Hall–Kier alpha value is -1.78. The van der Waals surface area contributed by atoms with E-state index in [2.05, 4.69) is 36.1 Å². The Labute approximate surface area is 221 Å². The highest BCUT2D eigenvalue weighted by Gasteiger charge is 2.43. The molecule has 1 saturated carbocycles. The van der Waals surface area contributed by atoms with Crippen LogP contribution < -0.4 is 4.74 Å². The molecule has 0 spiro atoms. The lowest BCUT2D eigenvalue weighted by atomic mass is 9.85. The van der Waals surface area contributed by atoms with E-state index in [-0.39, 0.29) is 24.1 Å². The second kappa shape index (κ2) is 11.3. The first kappa shape index (κ1) is 25.9. The van der Waals surface area contributed by atoms with E-state index in [9.17, 15) is 4.79 Å². The number of rotatable bonds is 8. The van der Waals surface area contributed by atoms with Gasteiger partial charge < -0.3 is 9.47 Å². The van der Waals surface area contributed by atoms with Gasteiger partial charge in [-0.3, -0.25) is 9.69 Å². The van der Waals surface area contributed by atoms with Gasteiger partial charge in [0.25, 0.3) is 0 Å². The van der Waals surface area contributed by atoms with Crippen LogP contribution in [0.15, 0.2) is 30.3 Å². The van der Waals surface area contributed by atoms with E-state index in [0.717, 1.165) is 59.7 Å². The molecule has 2 heterocycles. The Kier molecular flexibility index (Phi) is 8.12. The van der Waals surface area contributed by atoms with Crippen molar-refractivity contribution in [3.05, 3.63) is 40.9 Å². The average Bonchev–Trinajstić information content (AvgIpc) is 3.08. The van der Waals surface area contributed by atoms with Crippen LogP contribution in [0.25, 0.3) is 10.8 Å². The average molecular weight is 512 g/mol. The van der Waals surface area contributed by atoms with Crippen LogP contribution in [0.2, 0.25) is 5.02 Å². The lowest BCUT2D eigenvalue weighted by Gasteiger charge is -2.38. The molecule has 1 aliphatic carbocycles. The summed E-state index contributed by atoms with van der Waals surface area (Å²) >= 11 is 6.93. The molecule has 2 aromatic carbocycles. The molecule has 0 radical (unpaired) electrons. The van der Waals surface area contributed by atoms with Gasteiger partial charge in [-0.1, -0.05) is 49.6 Å². The van der Waals surface area contributed by atoms with Crippen LogP contribution in [-0.2, 0) is 16.1 Å². The SMILES string of the molecule is CCCC1CCC(Oc2ccc3ccc(CN4C5CCC4CC(C(=O)OC(C)C)C5)cc3c2Cl)CC1. The quantitative estimate of drug-likeness (QED) is 0.337. The van der Waals surface area contributed by atoms with Gasteiger partial charge >= 0.3 is 5.97 Å². The molecule has 2 bridgehead atoms. The van der Waals surface area contributed by atoms with Gasteiger partial charge in [-0.25, -0.2) is 0 Å². The molecule has 0 amide bonds. The summed E-state index contributed by atoms with van der Waals surface area (Å²) < 4.78 is 12.0. The first-order valence-corrected chi connectivity index (χ1v) is 14.6.